The van der Waals surface area contributed by atoms with Gasteiger partial charge in [-0.15, -0.1) is 0 Å². The fraction of sp³-hybridized carbons (Fsp3) is 0.786. The van der Waals surface area contributed by atoms with Crippen LogP contribution in [0.25, 0.3) is 0 Å². The third kappa shape index (κ3) is 3.09. The van der Waals surface area contributed by atoms with Gasteiger partial charge in [0.25, 0.3) is 0 Å². The van der Waals surface area contributed by atoms with E-state index in [9.17, 15) is 0 Å². The van der Waals surface area contributed by atoms with Crippen LogP contribution in [0.4, 0.5) is 0 Å². The van der Waals surface area contributed by atoms with E-state index < -0.39 is 0 Å². The number of nitrogens with zero attached hydrogens (tertiary/aromatic N) is 2. The van der Waals surface area contributed by atoms with Gasteiger partial charge < -0.3 is 5.32 Å². The lowest BCUT2D eigenvalue weighted by molar-refractivity contribution is 0.507. The Morgan fingerprint density at radius 2 is 2.12 bits per heavy atom. The topological polar surface area (TPSA) is 29.9 Å². The predicted octanol–water partition coefficient (Wildman–Crippen LogP) is 2.45. The first-order chi connectivity index (χ1) is 8.11. The van der Waals surface area contributed by atoms with Crippen LogP contribution >= 0.6 is 0 Å². The fourth-order valence-electron chi connectivity index (χ4n) is 2.41. The van der Waals surface area contributed by atoms with E-state index in [1.165, 1.54) is 29.8 Å². The van der Waals surface area contributed by atoms with Crippen molar-refractivity contribution >= 4 is 0 Å². The Morgan fingerprint density at radius 3 is 2.65 bits per heavy atom. The van der Waals surface area contributed by atoms with Crippen molar-refractivity contribution in [2.75, 3.05) is 6.54 Å². The second-order valence-corrected chi connectivity index (χ2v) is 5.46. The van der Waals surface area contributed by atoms with Gasteiger partial charge in [-0.25, -0.2) is 0 Å². The summed E-state index contributed by atoms with van der Waals surface area (Å²) in [5.74, 6) is 0.697. The van der Waals surface area contributed by atoms with Gasteiger partial charge in [0.15, 0.2) is 0 Å². The Morgan fingerprint density at radius 1 is 1.41 bits per heavy atom. The minimum Gasteiger partial charge on any atom is -0.314 e. The SMILES string of the molecule is CCn1nc(C)c(CC(C)CNC2CC2)c1C. The molecule has 1 aromatic rings. The number of aromatic nitrogens is 2. The van der Waals surface area contributed by atoms with Crippen LogP contribution in [0.3, 0.4) is 0 Å². The quantitative estimate of drug-likeness (QED) is 0.821. The molecule has 1 unspecified atom stereocenters. The first-order valence-corrected chi connectivity index (χ1v) is 6.88. The van der Waals surface area contributed by atoms with Crippen molar-refractivity contribution in [1.29, 1.82) is 0 Å². The van der Waals surface area contributed by atoms with Gasteiger partial charge in [-0.1, -0.05) is 6.92 Å². The highest BCUT2D eigenvalue weighted by molar-refractivity contribution is 5.25. The van der Waals surface area contributed by atoms with Crippen LogP contribution in [0, 0.1) is 19.8 Å². The average molecular weight is 235 g/mol. The molecule has 0 aliphatic heterocycles. The van der Waals surface area contributed by atoms with E-state index in [4.69, 9.17) is 0 Å². The molecule has 0 radical (unpaired) electrons. The zero-order valence-electron chi connectivity index (χ0n) is 11.6. The predicted molar refractivity (Wildman–Crippen MR) is 71.3 cm³/mol. The standard InChI is InChI=1S/C14H25N3/c1-5-17-12(4)14(11(3)16-17)8-10(2)9-15-13-6-7-13/h10,13,15H,5-9H2,1-4H3. The molecule has 3 heteroatoms. The summed E-state index contributed by atoms with van der Waals surface area (Å²) in [6.45, 7) is 10.9. The van der Waals surface area contributed by atoms with E-state index in [1.807, 2.05) is 0 Å². The average Bonchev–Trinajstić information content (AvgIpc) is 3.09. The van der Waals surface area contributed by atoms with Crippen LogP contribution < -0.4 is 5.32 Å². The molecule has 1 aliphatic rings. The summed E-state index contributed by atoms with van der Waals surface area (Å²) in [5.41, 5.74) is 4.02. The Labute approximate surface area is 105 Å². The van der Waals surface area contributed by atoms with Gasteiger partial charge in [-0.2, -0.15) is 5.10 Å². The Bertz CT molecular complexity index is 377. The van der Waals surface area contributed by atoms with Crippen molar-refractivity contribution in [2.45, 2.75) is 59.5 Å². The van der Waals surface area contributed by atoms with Crippen LogP contribution in [-0.4, -0.2) is 22.4 Å². The maximum atomic E-state index is 4.59. The molecule has 0 spiro atoms. The lowest BCUT2D eigenvalue weighted by atomic mass is 9.99. The summed E-state index contributed by atoms with van der Waals surface area (Å²) in [6.07, 6.45) is 3.90. The number of aryl methyl sites for hydroxylation is 2. The number of hydrogen-bond donors (Lipinski definition) is 1. The van der Waals surface area contributed by atoms with Gasteiger partial charge in [-0.05, 0) is 58.1 Å². The lowest BCUT2D eigenvalue weighted by Gasteiger charge is -2.12. The van der Waals surface area contributed by atoms with Crippen LogP contribution in [0.15, 0.2) is 0 Å². The molecule has 2 rings (SSSR count). The molecule has 3 nitrogen and oxygen atoms in total. The summed E-state index contributed by atoms with van der Waals surface area (Å²) < 4.78 is 2.12. The van der Waals surface area contributed by atoms with E-state index in [0.29, 0.717) is 5.92 Å². The highest BCUT2D eigenvalue weighted by Crippen LogP contribution is 2.21. The smallest absolute Gasteiger partial charge is 0.0628 e. The maximum absolute atomic E-state index is 4.59. The van der Waals surface area contributed by atoms with Gasteiger partial charge in [0.2, 0.25) is 0 Å². The third-order valence-corrected chi connectivity index (χ3v) is 3.72. The first kappa shape index (κ1) is 12.6. The summed E-state index contributed by atoms with van der Waals surface area (Å²) in [7, 11) is 0. The van der Waals surface area contributed by atoms with Crippen molar-refractivity contribution in [3.8, 4) is 0 Å². The molecule has 1 N–H and O–H groups in total. The molecule has 1 aliphatic carbocycles. The molecule has 1 saturated carbocycles. The van der Waals surface area contributed by atoms with Crippen LogP contribution in [-0.2, 0) is 13.0 Å². The Hall–Kier alpha value is -0.830. The highest BCUT2D eigenvalue weighted by atomic mass is 15.3. The zero-order chi connectivity index (χ0) is 12.4. The van der Waals surface area contributed by atoms with E-state index in [0.717, 1.165) is 25.6 Å². The van der Waals surface area contributed by atoms with Crippen LogP contribution in [0.1, 0.15) is 43.6 Å². The van der Waals surface area contributed by atoms with E-state index in [-0.39, 0.29) is 0 Å². The molecule has 17 heavy (non-hydrogen) atoms. The fourth-order valence-corrected chi connectivity index (χ4v) is 2.41. The number of rotatable bonds is 6. The van der Waals surface area contributed by atoms with Crippen molar-refractivity contribution in [2.24, 2.45) is 5.92 Å². The summed E-state index contributed by atoms with van der Waals surface area (Å²) >= 11 is 0. The molecular formula is C14H25N3. The molecule has 0 aromatic carbocycles. The van der Waals surface area contributed by atoms with Gasteiger partial charge in [0, 0.05) is 18.3 Å². The monoisotopic (exact) mass is 235 g/mol. The van der Waals surface area contributed by atoms with Crippen molar-refractivity contribution < 1.29 is 0 Å². The highest BCUT2D eigenvalue weighted by Gasteiger charge is 2.21. The molecule has 1 atom stereocenters. The summed E-state index contributed by atoms with van der Waals surface area (Å²) in [5, 5.41) is 8.19. The van der Waals surface area contributed by atoms with Crippen molar-refractivity contribution in [3.63, 3.8) is 0 Å². The largest absolute Gasteiger partial charge is 0.314 e. The normalized spacial score (nSPS) is 17.4. The summed E-state index contributed by atoms with van der Waals surface area (Å²) in [6, 6.07) is 0.818. The maximum Gasteiger partial charge on any atom is 0.0628 e. The van der Waals surface area contributed by atoms with Crippen molar-refractivity contribution in [3.05, 3.63) is 17.0 Å². The van der Waals surface area contributed by atoms with Gasteiger partial charge in [0.05, 0.1) is 5.69 Å². The van der Waals surface area contributed by atoms with Gasteiger partial charge >= 0.3 is 0 Å². The molecule has 1 aromatic heterocycles. The summed E-state index contributed by atoms with van der Waals surface area (Å²) in [4.78, 5) is 0. The molecule has 0 saturated heterocycles. The zero-order valence-corrected chi connectivity index (χ0v) is 11.6. The molecular weight excluding hydrogens is 210 g/mol. The lowest BCUT2D eigenvalue weighted by Crippen LogP contribution is -2.24. The van der Waals surface area contributed by atoms with Gasteiger partial charge in [-0.3, -0.25) is 4.68 Å². The van der Waals surface area contributed by atoms with Crippen molar-refractivity contribution in [1.82, 2.24) is 15.1 Å². The first-order valence-electron chi connectivity index (χ1n) is 6.88. The molecule has 0 bridgehead atoms. The minimum absolute atomic E-state index is 0.697. The Balaban J connectivity index is 1.93. The van der Waals surface area contributed by atoms with E-state index in [1.54, 1.807) is 0 Å². The Kier molecular flexibility index (Phi) is 3.87. The number of hydrogen-bond acceptors (Lipinski definition) is 2. The minimum atomic E-state index is 0.697. The van der Waals surface area contributed by atoms with Crippen LogP contribution in [0.2, 0.25) is 0 Å². The molecule has 1 fully saturated rings. The van der Waals surface area contributed by atoms with Gasteiger partial charge in [0.1, 0.15) is 0 Å². The third-order valence-electron chi connectivity index (χ3n) is 3.72. The second kappa shape index (κ2) is 5.21. The molecule has 0 amide bonds. The van der Waals surface area contributed by atoms with E-state index in [2.05, 4.69) is 42.8 Å². The van der Waals surface area contributed by atoms with E-state index >= 15 is 0 Å². The molecule has 96 valence electrons. The number of nitrogens with one attached hydrogen (secondary N) is 1. The van der Waals surface area contributed by atoms with Crippen LogP contribution in [0.5, 0.6) is 0 Å². The second-order valence-electron chi connectivity index (χ2n) is 5.46. The molecule has 1 heterocycles.